The number of thiazole rings is 1. The highest BCUT2D eigenvalue weighted by molar-refractivity contribution is 7.18. The average Bonchev–Trinajstić information content (AvgIpc) is 3.23. The molecule has 0 radical (unpaired) electrons. The Morgan fingerprint density at radius 1 is 1.13 bits per heavy atom. The molecule has 0 aliphatic carbocycles. The van der Waals surface area contributed by atoms with Crippen LogP contribution in [0.4, 0.5) is 0 Å². The first kappa shape index (κ1) is 19.9. The van der Waals surface area contributed by atoms with Crippen LogP contribution >= 0.6 is 11.3 Å². The zero-order chi connectivity index (χ0) is 21.4. The summed E-state index contributed by atoms with van der Waals surface area (Å²) in [6, 6.07) is 16.0. The summed E-state index contributed by atoms with van der Waals surface area (Å²) < 4.78 is 1.20. The van der Waals surface area contributed by atoms with Crippen molar-refractivity contribution in [3.05, 3.63) is 70.9 Å². The number of amides is 2. The van der Waals surface area contributed by atoms with Crippen LogP contribution in [0.2, 0.25) is 0 Å². The molecule has 2 aromatic carbocycles. The van der Waals surface area contributed by atoms with E-state index < -0.39 is 0 Å². The summed E-state index contributed by atoms with van der Waals surface area (Å²) in [7, 11) is 0. The van der Waals surface area contributed by atoms with Gasteiger partial charge in [-0.2, -0.15) is 0 Å². The minimum Gasteiger partial charge on any atom is -0.342 e. The third-order valence-electron chi connectivity index (χ3n) is 6.27. The molecule has 3 aromatic rings. The Bertz CT molecular complexity index is 1140. The van der Waals surface area contributed by atoms with Crippen LogP contribution in [0.1, 0.15) is 54.3 Å². The van der Waals surface area contributed by atoms with E-state index in [-0.39, 0.29) is 23.8 Å². The van der Waals surface area contributed by atoms with Gasteiger partial charge in [0, 0.05) is 32.1 Å². The second-order valence-electron chi connectivity index (χ2n) is 8.29. The lowest BCUT2D eigenvalue weighted by Gasteiger charge is -2.36. The first-order chi connectivity index (χ1) is 15.1. The van der Waals surface area contributed by atoms with Gasteiger partial charge in [-0.15, -0.1) is 11.3 Å². The summed E-state index contributed by atoms with van der Waals surface area (Å²) in [5, 5.41) is 1.12. The SMILES string of the molecule is CC(=O)N1C=Cc2ccccc2[C@H]1CC(=O)N1CCC[C@@H](c2nc3ccccc3s2)C1. The van der Waals surface area contributed by atoms with Crippen LogP contribution in [0, 0.1) is 0 Å². The number of benzene rings is 2. The van der Waals surface area contributed by atoms with Crippen molar-refractivity contribution in [2.24, 2.45) is 0 Å². The zero-order valence-electron chi connectivity index (χ0n) is 17.5. The lowest BCUT2D eigenvalue weighted by Crippen LogP contribution is -2.41. The first-order valence-electron chi connectivity index (χ1n) is 10.8. The van der Waals surface area contributed by atoms with Crippen LogP contribution in [0.3, 0.4) is 0 Å². The minimum atomic E-state index is -0.256. The van der Waals surface area contributed by atoms with Gasteiger partial charge in [-0.05, 0) is 42.2 Å². The number of piperidine rings is 1. The van der Waals surface area contributed by atoms with E-state index in [4.69, 9.17) is 4.98 Å². The largest absolute Gasteiger partial charge is 0.342 e. The van der Waals surface area contributed by atoms with Crippen LogP contribution in [-0.4, -0.2) is 39.7 Å². The van der Waals surface area contributed by atoms with Gasteiger partial charge in [0.15, 0.2) is 0 Å². The maximum absolute atomic E-state index is 13.3. The Kier molecular flexibility index (Phi) is 5.32. The van der Waals surface area contributed by atoms with Gasteiger partial charge in [-0.25, -0.2) is 4.98 Å². The van der Waals surface area contributed by atoms with Crippen LogP contribution in [0.5, 0.6) is 0 Å². The fraction of sp³-hybridized carbons (Fsp3) is 0.320. The second kappa shape index (κ2) is 8.27. The molecule has 0 bridgehead atoms. The van der Waals surface area contributed by atoms with Crippen molar-refractivity contribution in [3.63, 3.8) is 0 Å². The minimum absolute atomic E-state index is 0.0467. The molecular formula is C25H25N3O2S. The molecule has 0 N–H and O–H groups in total. The summed E-state index contributed by atoms with van der Waals surface area (Å²) in [6.07, 6.45) is 6.08. The Labute approximate surface area is 186 Å². The van der Waals surface area contributed by atoms with Gasteiger partial charge >= 0.3 is 0 Å². The molecule has 2 aliphatic heterocycles. The molecule has 1 saturated heterocycles. The molecule has 0 spiro atoms. The topological polar surface area (TPSA) is 53.5 Å². The lowest BCUT2D eigenvalue weighted by atomic mass is 9.92. The van der Waals surface area contributed by atoms with Gasteiger partial charge in [-0.1, -0.05) is 36.4 Å². The third-order valence-corrected chi connectivity index (χ3v) is 7.47. The molecule has 31 heavy (non-hydrogen) atoms. The fourth-order valence-corrected chi connectivity index (χ4v) is 5.77. The van der Waals surface area contributed by atoms with Crippen molar-refractivity contribution in [2.45, 2.75) is 38.1 Å². The van der Waals surface area contributed by atoms with Crippen LogP contribution in [-0.2, 0) is 9.59 Å². The van der Waals surface area contributed by atoms with Gasteiger partial charge in [0.1, 0.15) is 0 Å². The van der Waals surface area contributed by atoms with Gasteiger partial charge in [0.25, 0.3) is 0 Å². The number of para-hydroxylation sites is 1. The molecule has 3 heterocycles. The van der Waals surface area contributed by atoms with Crippen molar-refractivity contribution < 1.29 is 9.59 Å². The Hall–Kier alpha value is -2.99. The molecule has 2 amide bonds. The van der Waals surface area contributed by atoms with Gasteiger partial charge in [0.05, 0.1) is 27.7 Å². The molecular weight excluding hydrogens is 406 g/mol. The number of nitrogens with zero attached hydrogens (tertiary/aromatic N) is 3. The van der Waals surface area contributed by atoms with E-state index in [0.717, 1.165) is 41.0 Å². The molecule has 2 aliphatic rings. The third kappa shape index (κ3) is 3.88. The number of hydrogen-bond acceptors (Lipinski definition) is 4. The van der Waals surface area contributed by atoms with E-state index in [1.807, 2.05) is 59.6 Å². The quantitative estimate of drug-likeness (QED) is 0.589. The lowest BCUT2D eigenvalue weighted by molar-refractivity contribution is -0.135. The van der Waals surface area contributed by atoms with Gasteiger partial charge < -0.3 is 9.80 Å². The van der Waals surface area contributed by atoms with E-state index in [2.05, 4.69) is 6.07 Å². The summed E-state index contributed by atoms with van der Waals surface area (Å²) in [5.41, 5.74) is 3.14. The van der Waals surface area contributed by atoms with Crippen molar-refractivity contribution >= 4 is 39.4 Å². The number of carbonyl (C=O) groups excluding carboxylic acids is 2. The van der Waals surface area contributed by atoms with E-state index in [9.17, 15) is 9.59 Å². The number of fused-ring (bicyclic) bond motifs is 2. The van der Waals surface area contributed by atoms with Crippen molar-refractivity contribution in [2.75, 3.05) is 13.1 Å². The number of likely N-dealkylation sites (tertiary alicyclic amines) is 1. The molecule has 2 atom stereocenters. The highest BCUT2D eigenvalue weighted by atomic mass is 32.1. The Balaban J connectivity index is 1.34. The van der Waals surface area contributed by atoms with Crippen LogP contribution < -0.4 is 0 Å². The molecule has 6 heteroatoms. The summed E-state index contributed by atoms with van der Waals surface area (Å²) in [4.78, 5) is 34.1. The monoisotopic (exact) mass is 431 g/mol. The highest BCUT2D eigenvalue weighted by Crippen LogP contribution is 2.36. The predicted molar refractivity (Wildman–Crippen MR) is 124 cm³/mol. The predicted octanol–water partition coefficient (Wildman–Crippen LogP) is 4.97. The second-order valence-corrected chi connectivity index (χ2v) is 9.35. The number of hydrogen-bond donors (Lipinski definition) is 0. The molecule has 0 unspecified atom stereocenters. The summed E-state index contributed by atoms with van der Waals surface area (Å²) in [5.74, 6) is 0.333. The summed E-state index contributed by atoms with van der Waals surface area (Å²) >= 11 is 1.74. The standard InChI is InChI=1S/C25H25N3O2S/c1-17(29)28-14-12-18-7-2-3-9-20(18)22(28)15-24(30)27-13-6-8-19(16-27)25-26-21-10-4-5-11-23(21)31-25/h2-5,7,9-12,14,19,22H,6,8,13,15-16H2,1H3/t19-,22-/m1/s1. The smallest absolute Gasteiger partial charge is 0.225 e. The highest BCUT2D eigenvalue weighted by Gasteiger charge is 2.32. The van der Waals surface area contributed by atoms with Crippen molar-refractivity contribution in [3.8, 4) is 0 Å². The van der Waals surface area contributed by atoms with E-state index in [0.29, 0.717) is 13.0 Å². The molecule has 1 aromatic heterocycles. The van der Waals surface area contributed by atoms with Crippen molar-refractivity contribution in [1.29, 1.82) is 0 Å². The average molecular weight is 432 g/mol. The van der Waals surface area contributed by atoms with Crippen LogP contribution in [0.15, 0.2) is 54.7 Å². The molecule has 0 saturated carbocycles. The van der Waals surface area contributed by atoms with Crippen molar-refractivity contribution in [1.82, 2.24) is 14.8 Å². The molecule has 1 fully saturated rings. The normalized spacial score (nSPS) is 20.7. The van der Waals surface area contributed by atoms with Gasteiger partial charge in [-0.3, -0.25) is 9.59 Å². The van der Waals surface area contributed by atoms with Gasteiger partial charge in [0.2, 0.25) is 11.8 Å². The molecule has 5 rings (SSSR count). The zero-order valence-corrected chi connectivity index (χ0v) is 18.3. The maximum atomic E-state index is 13.3. The van der Waals surface area contributed by atoms with Crippen LogP contribution in [0.25, 0.3) is 16.3 Å². The Morgan fingerprint density at radius 3 is 2.77 bits per heavy atom. The number of aromatic nitrogens is 1. The maximum Gasteiger partial charge on any atom is 0.225 e. The first-order valence-corrected chi connectivity index (χ1v) is 11.6. The summed E-state index contributed by atoms with van der Waals surface area (Å²) in [6.45, 7) is 3.02. The number of carbonyl (C=O) groups is 2. The molecule has 158 valence electrons. The fourth-order valence-electron chi connectivity index (χ4n) is 4.68. The molecule has 5 nitrogen and oxygen atoms in total. The number of rotatable bonds is 3. The van der Waals surface area contributed by atoms with E-state index in [1.54, 1.807) is 23.2 Å². The van der Waals surface area contributed by atoms with E-state index >= 15 is 0 Å². The van der Waals surface area contributed by atoms with E-state index in [1.165, 1.54) is 4.70 Å². The Morgan fingerprint density at radius 2 is 1.94 bits per heavy atom.